The maximum atomic E-state index is 12.7. The summed E-state index contributed by atoms with van der Waals surface area (Å²) < 4.78 is 11.3. The Balaban J connectivity index is 2.54. The molecule has 0 heterocycles. The molecule has 4 nitrogen and oxygen atoms in total. The van der Waals surface area contributed by atoms with Gasteiger partial charge >= 0.3 is 11.9 Å². The van der Waals surface area contributed by atoms with Crippen LogP contribution in [0.5, 0.6) is 0 Å². The van der Waals surface area contributed by atoms with Crippen LogP contribution in [0.1, 0.15) is 105 Å². The zero-order valence-corrected chi connectivity index (χ0v) is 18.8. The standard InChI is InChI=1S/C24H44O4/c1-5-9-13-19(7-3)17-27-23(25)21-15-11-12-16-22(21)24(26)28-18-20(8-4)14-10-6-2/h19-22H,5-18H2,1-4H3/t19-,20+,21-,22-/m1/s1. The summed E-state index contributed by atoms with van der Waals surface area (Å²) in [5, 5.41) is 0. The first kappa shape index (κ1) is 25.0. The normalized spacial score (nSPS) is 21.7. The number of esters is 2. The molecule has 0 aromatic rings. The van der Waals surface area contributed by atoms with Crippen molar-refractivity contribution in [3.05, 3.63) is 0 Å². The predicted molar refractivity (Wildman–Crippen MR) is 114 cm³/mol. The highest BCUT2D eigenvalue weighted by Gasteiger charge is 2.38. The lowest BCUT2D eigenvalue weighted by atomic mass is 9.79. The topological polar surface area (TPSA) is 52.6 Å². The highest BCUT2D eigenvalue weighted by molar-refractivity contribution is 5.82. The Hall–Kier alpha value is -1.06. The third-order valence-electron chi connectivity index (χ3n) is 6.38. The summed E-state index contributed by atoms with van der Waals surface area (Å²) in [5.74, 6) is -0.144. The molecule has 4 heteroatoms. The quantitative estimate of drug-likeness (QED) is 0.323. The summed E-state index contributed by atoms with van der Waals surface area (Å²) in [6.07, 6.45) is 12.4. The van der Waals surface area contributed by atoms with Gasteiger partial charge in [0.25, 0.3) is 0 Å². The van der Waals surface area contributed by atoms with Crippen molar-refractivity contribution in [2.75, 3.05) is 13.2 Å². The van der Waals surface area contributed by atoms with E-state index in [-0.39, 0.29) is 23.8 Å². The van der Waals surface area contributed by atoms with Gasteiger partial charge in [-0.25, -0.2) is 0 Å². The molecule has 0 aliphatic heterocycles. The molecule has 0 amide bonds. The average Bonchev–Trinajstić information content (AvgIpc) is 2.73. The van der Waals surface area contributed by atoms with Gasteiger partial charge in [-0.3, -0.25) is 9.59 Å². The van der Waals surface area contributed by atoms with Gasteiger partial charge in [-0.15, -0.1) is 0 Å². The molecule has 0 aromatic heterocycles. The smallest absolute Gasteiger partial charge is 0.309 e. The van der Waals surface area contributed by atoms with Gasteiger partial charge in [0.2, 0.25) is 0 Å². The van der Waals surface area contributed by atoms with Crippen molar-refractivity contribution in [2.45, 2.75) is 105 Å². The molecule has 4 atom stereocenters. The summed E-state index contributed by atoms with van der Waals surface area (Å²) in [6, 6.07) is 0. The molecule has 0 saturated heterocycles. The molecule has 0 radical (unpaired) electrons. The largest absolute Gasteiger partial charge is 0.465 e. The minimum atomic E-state index is -0.319. The molecular formula is C24H44O4. The van der Waals surface area contributed by atoms with Crippen molar-refractivity contribution in [3.63, 3.8) is 0 Å². The number of ether oxygens (including phenoxy) is 2. The Kier molecular flexibility index (Phi) is 13.3. The molecule has 1 saturated carbocycles. The fourth-order valence-corrected chi connectivity index (χ4v) is 4.11. The molecule has 0 spiro atoms. The lowest BCUT2D eigenvalue weighted by Crippen LogP contribution is -2.36. The molecule has 0 unspecified atom stereocenters. The van der Waals surface area contributed by atoms with Crippen LogP contribution in [-0.2, 0) is 19.1 Å². The molecule has 0 bridgehead atoms. The Morgan fingerprint density at radius 1 is 0.750 bits per heavy atom. The number of unbranched alkanes of at least 4 members (excludes halogenated alkanes) is 2. The van der Waals surface area contributed by atoms with E-state index in [1.165, 1.54) is 12.8 Å². The van der Waals surface area contributed by atoms with Crippen LogP contribution >= 0.6 is 0 Å². The van der Waals surface area contributed by atoms with Crippen LogP contribution in [0, 0.1) is 23.7 Å². The van der Waals surface area contributed by atoms with Crippen LogP contribution < -0.4 is 0 Å². The maximum absolute atomic E-state index is 12.7. The summed E-state index contributed by atoms with van der Waals surface area (Å²) in [6.45, 7) is 9.64. The molecule has 0 aromatic carbocycles. The van der Waals surface area contributed by atoms with Gasteiger partial charge in [-0.05, 0) is 37.5 Å². The highest BCUT2D eigenvalue weighted by atomic mass is 16.5. The minimum absolute atomic E-state index is 0.186. The Morgan fingerprint density at radius 3 is 1.46 bits per heavy atom. The van der Waals surface area contributed by atoms with Crippen molar-refractivity contribution in [1.29, 1.82) is 0 Å². The van der Waals surface area contributed by atoms with E-state index in [4.69, 9.17) is 9.47 Å². The third kappa shape index (κ3) is 8.96. The van der Waals surface area contributed by atoms with Crippen molar-refractivity contribution < 1.29 is 19.1 Å². The second-order valence-corrected chi connectivity index (χ2v) is 8.59. The summed E-state index contributed by atoms with van der Waals surface area (Å²) in [7, 11) is 0. The lowest BCUT2D eigenvalue weighted by molar-refractivity contribution is -0.164. The number of hydrogen-bond acceptors (Lipinski definition) is 4. The zero-order chi connectivity index (χ0) is 20.8. The number of carbonyl (C=O) groups excluding carboxylic acids is 2. The molecular weight excluding hydrogens is 352 g/mol. The van der Waals surface area contributed by atoms with Gasteiger partial charge < -0.3 is 9.47 Å². The van der Waals surface area contributed by atoms with Gasteiger partial charge in [0, 0.05) is 0 Å². The van der Waals surface area contributed by atoms with Crippen molar-refractivity contribution in [3.8, 4) is 0 Å². The fraction of sp³-hybridized carbons (Fsp3) is 0.917. The molecule has 1 fully saturated rings. The van der Waals surface area contributed by atoms with E-state index in [0.717, 1.165) is 64.2 Å². The lowest BCUT2D eigenvalue weighted by Gasteiger charge is -2.29. The monoisotopic (exact) mass is 396 g/mol. The van der Waals surface area contributed by atoms with E-state index < -0.39 is 0 Å². The van der Waals surface area contributed by atoms with Crippen LogP contribution in [0.3, 0.4) is 0 Å². The zero-order valence-electron chi connectivity index (χ0n) is 18.8. The van der Waals surface area contributed by atoms with E-state index in [1.807, 2.05) is 0 Å². The van der Waals surface area contributed by atoms with Crippen LogP contribution in [0.4, 0.5) is 0 Å². The summed E-state index contributed by atoms with van der Waals surface area (Å²) in [4.78, 5) is 25.4. The number of rotatable bonds is 14. The van der Waals surface area contributed by atoms with E-state index in [1.54, 1.807) is 0 Å². The summed E-state index contributed by atoms with van der Waals surface area (Å²) in [5.41, 5.74) is 0. The van der Waals surface area contributed by atoms with Crippen LogP contribution in [0.2, 0.25) is 0 Å². The molecule has 1 aliphatic rings. The van der Waals surface area contributed by atoms with E-state index >= 15 is 0 Å². The van der Waals surface area contributed by atoms with Gasteiger partial charge in [0.05, 0.1) is 25.0 Å². The number of carbonyl (C=O) groups is 2. The van der Waals surface area contributed by atoms with Crippen LogP contribution in [0.15, 0.2) is 0 Å². The Labute approximate surface area is 173 Å². The number of hydrogen-bond donors (Lipinski definition) is 0. The van der Waals surface area contributed by atoms with Crippen molar-refractivity contribution >= 4 is 11.9 Å². The second-order valence-electron chi connectivity index (χ2n) is 8.59. The summed E-state index contributed by atoms with van der Waals surface area (Å²) >= 11 is 0. The van der Waals surface area contributed by atoms with E-state index in [2.05, 4.69) is 27.7 Å². The van der Waals surface area contributed by atoms with Gasteiger partial charge in [-0.2, -0.15) is 0 Å². The minimum Gasteiger partial charge on any atom is -0.465 e. The first-order chi connectivity index (χ1) is 13.6. The average molecular weight is 397 g/mol. The van der Waals surface area contributed by atoms with Gasteiger partial charge in [-0.1, -0.05) is 79.1 Å². The van der Waals surface area contributed by atoms with Crippen LogP contribution in [0.25, 0.3) is 0 Å². The molecule has 0 N–H and O–H groups in total. The first-order valence-electron chi connectivity index (χ1n) is 11.9. The molecule has 1 rings (SSSR count). The first-order valence-corrected chi connectivity index (χ1v) is 11.9. The van der Waals surface area contributed by atoms with E-state index in [9.17, 15) is 9.59 Å². The Bertz CT molecular complexity index is 394. The second kappa shape index (κ2) is 14.9. The predicted octanol–water partition coefficient (Wildman–Crippen LogP) is 6.31. The Morgan fingerprint density at radius 2 is 1.14 bits per heavy atom. The SMILES string of the molecule is CCCC[C@@H](CC)COC(=O)[C@@H]1CCCC[C@H]1C(=O)OC[C@@H](CC)CCCC. The van der Waals surface area contributed by atoms with Crippen molar-refractivity contribution in [2.24, 2.45) is 23.7 Å². The maximum Gasteiger partial charge on any atom is 0.309 e. The van der Waals surface area contributed by atoms with Crippen molar-refractivity contribution in [1.82, 2.24) is 0 Å². The third-order valence-corrected chi connectivity index (χ3v) is 6.38. The van der Waals surface area contributed by atoms with E-state index in [0.29, 0.717) is 25.0 Å². The molecule has 164 valence electrons. The molecule has 28 heavy (non-hydrogen) atoms. The fourth-order valence-electron chi connectivity index (χ4n) is 4.11. The van der Waals surface area contributed by atoms with Gasteiger partial charge in [0.15, 0.2) is 0 Å². The highest BCUT2D eigenvalue weighted by Crippen LogP contribution is 2.32. The van der Waals surface area contributed by atoms with Crippen LogP contribution in [-0.4, -0.2) is 25.2 Å². The van der Waals surface area contributed by atoms with Gasteiger partial charge in [0.1, 0.15) is 0 Å². The molecule has 1 aliphatic carbocycles.